The van der Waals surface area contributed by atoms with Gasteiger partial charge in [-0.25, -0.2) is 4.68 Å². The lowest BCUT2D eigenvalue weighted by molar-refractivity contribution is -0.122. The van der Waals surface area contributed by atoms with Crippen molar-refractivity contribution in [3.63, 3.8) is 0 Å². The molecule has 2 N–H and O–H groups in total. The molecule has 162 valence electrons. The van der Waals surface area contributed by atoms with Crippen LogP contribution < -0.4 is 15.5 Å². The Balaban J connectivity index is 0.00000256. The summed E-state index contributed by atoms with van der Waals surface area (Å²) in [7, 11) is 1.79. The van der Waals surface area contributed by atoms with Gasteiger partial charge in [-0.3, -0.25) is 14.9 Å². The molecule has 2 aromatic rings. The quantitative estimate of drug-likeness (QED) is 0.756. The van der Waals surface area contributed by atoms with Crippen molar-refractivity contribution in [2.24, 2.45) is 13.0 Å². The third-order valence-electron chi connectivity index (χ3n) is 5.87. The summed E-state index contributed by atoms with van der Waals surface area (Å²) in [5.41, 5.74) is 2.07. The first-order valence-electron chi connectivity index (χ1n) is 10.4. The van der Waals surface area contributed by atoms with Gasteiger partial charge in [0, 0.05) is 31.6 Å². The first kappa shape index (κ1) is 22.2. The van der Waals surface area contributed by atoms with E-state index in [4.69, 9.17) is 0 Å². The molecule has 8 nitrogen and oxygen atoms in total. The van der Waals surface area contributed by atoms with E-state index in [1.807, 2.05) is 24.3 Å². The van der Waals surface area contributed by atoms with Crippen LogP contribution in [-0.4, -0.2) is 46.2 Å². The number of anilines is 2. The molecule has 9 heteroatoms. The van der Waals surface area contributed by atoms with Crippen molar-refractivity contribution in [3.05, 3.63) is 35.7 Å². The third kappa shape index (κ3) is 4.65. The molecule has 1 unspecified atom stereocenters. The predicted molar refractivity (Wildman–Crippen MR) is 118 cm³/mol. The number of aryl methyl sites for hydroxylation is 2. The minimum absolute atomic E-state index is 0. The fourth-order valence-electron chi connectivity index (χ4n) is 4.02. The summed E-state index contributed by atoms with van der Waals surface area (Å²) in [6, 6.07) is 7.95. The average Bonchev–Trinajstić information content (AvgIpc) is 3.31. The summed E-state index contributed by atoms with van der Waals surface area (Å²) in [6.45, 7) is 4.41. The predicted octanol–water partition coefficient (Wildman–Crippen LogP) is 2.26. The monoisotopic (exact) mass is 432 g/mol. The van der Waals surface area contributed by atoms with E-state index in [2.05, 4.69) is 27.6 Å². The van der Waals surface area contributed by atoms with Crippen LogP contribution >= 0.6 is 12.4 Å². The molecule has 1 atom stereocenters. The van der Waals surface area contributed by atoms with E-state index in [-0.39, 0.29) is 30.6 Å². The van der Waals surface area contributed by atoms with Gasteiger partial charge in [-0.2, -0.15) is 10.1 Å². The lowest BCUT2D eigenvalue weighted by Gasteiger charge is -2.19. The molecule has 2 fully saturated rings. The van der Waals surface area contributed by atoms with Crippen molar-refractivity contribution >= 4 is 35.9 Å². The standard InChI is InChI=1S/C21H28N6O2.ClH/c1-3-14-4-6-17(7-5-14)27-13-16(12-18(27)28)20(29)24-21-23-19(25-26(21)2)15-8-10-22-11-9-15;/h4-7,15-16,22H,3,8-13H2,1-2H3,(H,23,24,25,29);1H. The summed E-state index contributed by atoms with van der Waals surface area (Å²) in [6.07, 6.45) is 3.16. The number of halogens is 1. The van der Waals surface area contributed by atoms with Crippen molar-refractivity contribution < 1.29 is 9.59 Å². The lowest BCUT2D eigenvalue weighted by atomic mass is 9.98. The van der Waals surface area contributed by atoms with Gasteiger partial charge in [0.25, 0.3) is 0 Å². The maximum Gasteiger partial charge on any atom is 0.232 e. The Morgan fingerprint density at radius 1 is 1.23 bits per heavy atom. The van der Waals surface area contributed by atoms with Crippen LogP contribution in [0.4, 0.5) is 11.6 Å². The molecule has 0 spiro atoms. The van der Waals surface area contributed by atoms with Gasteiger partial charge in [0.05, 0.1) is 5.92 Å². The van der Waals surface area contributed by atoms with Crippen molar-refractivity contribution in [3.8, 4) is 0 Å². The summed E-state index contributed by atoms with van der Waals surface area (Å²) in [5.74, 6) is 0.947. The van der Waals surface area contributed by atoms with Gasteiger partial charge < -0.3 is 10.2 Å². The zero-order valence-corrected chi connectivity index (χ0v) is 18.2. The zero-order chi connectivity index (χ0) is 20.4. The van der Waals surface area contributed by atoms with Crippen LogP contribution in [0.1, 0.15) is 43.5 Å². The van der Waals surface area contributed by atoms with Gasteiger partial charge in [-0.1, -0.05) is 19.1 Å². The maximum absolute atomic E-state index is 12.8. The Hall–Kier alpha value is -2.45. The van der Waals surface area contributed by atoms with Gasteiger partial charge in [0.1, 0.15) is 0 Å². The van der Waals surface area contributed by atoms with Crippen molar-refractivity contribution in [1.29, 1.82) is 0 Å². The number of hydrogen-bond donors (Lipinski definition) is 2. The maximum atomic E-state index is 12.8. The summed E-state index contributed by atoms with van der Waals surface area (Å²) >= 11 is 0. The van der Waals surface area contributed by atoms with E-state index in [0.29, 0.717) is 18.4 Å². The van der Waals surface area contributed by atoms with Gasteiger partial charge in [-0.05, 0) is 50.0 Å². The normalized spacial score (nSPS) is 19.6. The van der Waals surface area contributed by atoms with Crippen LogP contribution in [0.5, 0.6) is 0 Å². The molecule has 0 saturated carbocycles. The Bertz CT molecular complexity index is 891. The molecular weight excluding hydrogens is 404 g/mol. The minimum atomic E-state index is -0.396. The highest BCUT2D eigenvalue weighted by atomic mass is 35.5. The largest absolute Gasteiger partial charge is 0.317 e. The SMILES string of the molecule is CCc1ccc(N2CC(C(=O)Nc3nc(C4CCNCC4)nn3C)CC2=O)cc1.Cl. The Labute approximate surface area is 182 Å². The van der Waals surface area contributed by atoms with E-state index in [0.717, 1.165) is 43.9 Å². The molecule has 4 rings (SSSR count). The number of carbonyl (C=O) groups excluding carboxylic acids is 2. The molecule has 2 aliphatic rings. The summed E-state index contributed by atoms with van der Waals surface area (Å²) in [5, 5.41) is 10.7. The number of amides is 2. The molecule has 2 aliphatic heterocycles. The molecule has 2 saturated heterocycles. The van der Waals surface area contributed by atoms with E-state index in [1.165, 1.54) is 5.56 Å². The molecule has 1 aromatic heterocycles. The fourth-order valence-corrected chi connectivity index (χ4v) is 4.02. The van der Waals surface area contributed by atoms with Gasteiger partial charge in [-0.15, -0.1) is 12.4 Å². The number of aromatic nitrogens is 3. The van der Waals surface area contributed by atoms with Gasteiger partial charge in [0.2, 0.25) is 17.8 Å². The second-order valence-corrected chi connectivity index (χ2v) is 7.86. The van der Waals surface area contributed by atoms with E-state index in [9.17, 15) is 9.59 Å². The number of nitrogens with zero attached hydrogens (tertiary/aromatic N) is 4. The molecule has 30 heavy (non-hydrogen) atoms. The van der Waals surface area contributed by atoms with Crippen LogP contribution in [-0.2, 0) is 23.1 Å². The van der Waals surface area contributed by atoms with Crippen LogP contribution in [0.2, 0.25) is 0 Å². The highest BCUT2D eigenvalue weighted by molar-refractivity contribution is 6.03. The molecule has 0 bridgehead atoms. The van der Waals surface area contributed by atoms with E-state index in [1.54, 1.807) is 16.6 Å². The van der Waals surface area contributed by atoms with Crippen LogP contribution in [0, 0.1) is 5.92 Å². The van der Waals surface area contributed by atoms with Crippen LogP contribution in [0.3, 0.4) is 0 Å². The van der Waals surface area contributed by atoms with Crippen molar-refractivity contribution in [1.82, 2.24) is 20.1 Å². The van der Waals surface area contributed by atoms with E-state index < -0.39 is 5.92 Å². The Morgan fingerprint density at radius 2 is 1.93 bits per heavy atom. The second kappa shape index (κ2) is 9.57. The van der Waals surface area contributed by atoms with Gasteiger partial charge in [0.15, 0.2) is 5.82 Å². The third-order valence-corrected chi connectivity index (χ3v) is 5.87. The van der Waals surface area contributed by atoms with E-state index >= 15 is 0 Å². The smallest absolute Gasteiger partial charge is 0.232 e. The highest BCUT2D eigenvalue weighted by Gasteiger charge is 2.35. The summed E-state index contributed by atoms with van der Waals surface area (Å²) in [4.78, 5) is 31.5. The van der Waals surface area contributed by atoms with Crippen molar-refractivity contribution in [2.75, 3.05) is 29.9 Å². The number of rotatable bonds is 5. The molecule has 1 aromatic carbocycles. The molecule has 2 amide bonds. The average molecular weight is 433 g/mol. The van der Waals surface area contributed by atoms with Crippen molar-refractivity contribution in [2.45, 2.75) is 38.5 Å². The number of carbonyl (C=O) groups is 2. The van der Waals surface area contributed by atoms with Crippen LogP contribution in [0.25, 0.3) is 0 Å². The highest BCUT2D eigenvalue weighted by Crippen LogP contribution is 2.27. The minimum Gasteiger partial charge on any atom is -0.317 e. The fraction of sp³-hybridized carbons (Fsp3) is 0.524. The topological polar surface area (TPSA) is 92.2 Å². The molecular formula is C21H29ClN6O2. The number of benzene rings is 1. The van der Waals surface area contributed by atoms with Crippen LogP contribution in [0.15, 0.2) is 24.3 Å². The first-order chi connectivity index (χ1) is 14.0. The zero-order valence-electron chi connectivity index (χ0n) is 17.4. The summed E-state index contributed by atoms with van der Waals surface area (Å²) < 4.78 is 1.62. The number of hydrogen-bond acceptors (Lipinski definition) is 5. The second-order valence-electron chi connectivity index (χ2n) is 7.86. The Kier molecular flexibility index (Phi) is 7.10. The number of nitrogens with one attached hydrogen (secondary N) is 2. The molecule has 3 heterocycles. The number of piperidine rings is 1. The first-order valence-corrected chi connectivity index (χ1v) is 10.4. The molecule has 0 aliphatic carbocycles. The molecule has 0 radical (unpaired) electrons. The Morgan fingerprint density at radius 3 is 2.60 bits per heavy atom. The lowest BCUT2D eigenvalue weighted by Crippen LogP contribution is -2.28. The van der Waals surface area contributed by atoms with Gasteiger partial charge >= 0.3 is 0 Å².